The third-order valence-corrected chi connectivity index (χ3v) is 5.20. The second-order valence-electron chi connectivity index (χ2n) is 6.10. The van der Waals surface area contributed by atoms with Crippen molar-refractivity contribution in [2.45, 2.75) is 18.9 Å². The Labute approximate surface area is 156 Å². The molecule has 8 heteroatoms. The number of H-pyrrole nitrogens is 1. The van der Waals surface area contributed by atoms with Gasteiger partial charge in [-0.1, -0.05) is 0 Å². The predicted octanol–water partition coefficient (Wildman–Crippen LogP) is 1.84. The summed E-state index contributed by atoms with van der Waals surface area (Å²) in [7, 11) is 3.19. The lowest BCUT2D eigenvalue weighted by molar-refractivity contribution is 0.0909. The molecule has 0 aliphatic heterocycles. The minimum Gasteiger partial charge on any atom is -0.493 e. The fourth-order valence-corrected chi connectivity index (χ4v) is 3.67. The Hall–Kier alpha value is -2.19. The molecule has 0 spiro atoms. The molecule has 1 amide bonds. The van der Waals surface area contributed by atoms with Crippen LogP contribution >= 0.6 is 11.8 Å². The smallest absolute Gasteiger partial charge is 0.269 e. The third-order valence-electron chi connectivity index (χ3n) is 4.55. The SMILES string of the molecule is COc1cc2c(cc1OC)-c1n[nH]c(C(=O)NC(CO)CCSC)c1C2. The van der Waals surface area contributed by atoms with Crippen molar-refractivity contribution in [3.63, 3.8) is 0 Å². The quantitative estimate of drug-likeness (QED) is 0.554. The topological polar surface area (TPSA) is 96.5 Å². The summed E-state index contributed by atoms with van der Waals surface area (Å²) in [5, 5.41) is 19.5. The van der Waals surface area contributed by atoms with Crippen LogP contribution < -0.4 is 14.8 Å². The molecule has 0 saturated heterocycles. The fraction of sp³-hybridized carbons (Fsp3) is 0.444. The van der Waals surface area contributed by atoms with Gasteiger partial charge in [0.25, 0.3) is 5.91 Å². The van der Waals surface area contributed by atoms with Gasteiger partial charge in [0.2, 0.25) is 0 Å². The van der Waals surface area contributed by atoms with Crippen molar-refractivity contribution < 1.29 is 19.4 Å². The van der Waals surface area contributed by atoms with Crippen LogP contribution in [0.3, 0.4) is 0 Å². The number of thioether (sulfide) groups is 1. The van der Waals surface area contributed by atoms with Crippen LogP contribution in [0.25, 0.3) is 11.3 Å². The summed E-state index contributed by atoms with van der Waals surface area (Å²) in [5.74, 6) is 1.91. The molecule has 3 N–H and O–H groups in total. The average molecular weight is 377 g/mol. The second kappa shape index (κ2) is 8.01. The number of benzene rings is 1. The minimum atomic E-state index is -0.266. The van der Waals surface area contributed by atoms with Gasteiger partial charge >= 0.3 is 0 Å². The number of aromatic amines is 1. The Morgan fingerprint density at radius 1 is 1.38 bits per heavy atom. The number of aromatic nitrogens is 2. The largest absolute Gasteiger partial charge is 0.493 e. The summed E-state index contributed by atoms with van der Waals surface area (Å²) < 4.78 is 10.7. The normalized spacial score (nSPS) is 13.1. The molecule has 1 aromatic heterocycles. The number of rotatable bonds is 8. The summed E-state index contributed by atoms with van der Waals surface area (Å²) in [4.78, 5) is 12.6. The van der Waals surface area contributed by atoms with E-state index in [1.54, 1.807) is 26.0 Å². The lowest BCUT2D eigenvalue weighted by atomic mass is 10.1. The molecule has 1 aliphatic carbocycles. The molecule has 2 aromatic rings. The number of carbonyl (C=O) groups excluding carboxylic acids is 1. The first kappa shape index (κ1) is 18.6. The van der Waals surface area contributed by atoms with E-state index in [2.05, 4.69) is 15.5 Å². The van der Waals surface area contributed by atoms with Crippen LogP contribution in [-0.2, 0) is 6.42 Å². The van der Waals surface area contributed by atoms with E-state index in [0.29, 0.717) is 30.0 Å². The molecule has 1 aliphatic rings. The van der Waals surface area contributed by atoms with Gasteiger partial charge in [0, 0.05) is 17.5 Å². The number of fused-ring (bicyclic) bond motifs is 3. The fourth-order valence-electron chi connectivity index (χ4n) is 3.15. The maximum atomic E-state index is 12.6. The summed E-state index contributed by atoms with van der Waals surface area (Å²) in [5.41, 5.74) is 4.04. The van der Waals surface area contributed by atoms with E-state index in [0.717, 1.165) is 28.1 Å². The van der Waals surface area contributed by atoms with Crippen LogP contribution in [0.4, 0.5) is 0 Å². The van der Waals surface area contributed by atoms with Crippen molar-refractivity contribution in [2.24, 2.45) is 0 Å². The summed E-state index contributed by atoms with van der Waals surface area (Å²) in [6.45, 7) is -0.0861. The highest BCUT2D eigenvalue weighted by molar-refractivity contribution is 7.98. The van der Waals surface area contributed by atoms with Gasteiger partial charge < -0.3 is 19.9 Å². The highest BCUT2D eigenvalue weighted by Gasteiger charge is 2.29. The van der Waals surface area contributed by atoms with Crippen molar-refractivity contribution in [3.05, 3.63) is 29.0 Å². The molecular weight excluding hydrogens is 354 g/mol. The first-order chi connectivity index (χ1) is 12.6. The Kier molecular flexibility index (Phi) is 5.73. The monoisotopic (exact) mass is 377 g/mol. The van der Waals surface area contributed by atoms with Crippen molar-refractivity contribution in [3.8, 4) is 22.8 Å². The maximum absolute atomic E-state index is 12.6. The van der Waals surface area contributed by atoms with E-state index >= 15 is 0 Å². The van der Waals surface area contributed by atoms with E-state index < -0.39 is 0 Å². The predicted molar refractivity (Wildman–Crippen MR) is 101 cm³/mol. The molecule has 0 radical (unpaired) electrons. The number of amides is 1. The Morgan fingerprint density at radius 2 is 2.12 bits per heavy atom. The van der Waals surface area contributed by atoms with Crippen LogP contribution in [0.2, 0.25) is 0 Å². The standard InChI is InChI=1S/C18H23N3O4S/c1-24-14-7-10-6-13-16(12(10)8-15(14)25-2)20-21-17(13)18(23)19-11(9-22)4-5-26-3/h7-8,11,22H,4-6,9H2,1-3H3,(H,19,23)(H,20,21). The molecule has 26 heavy (non-hydrogen) atoms. The Balaban J connectivity index is 1.84. The number of nitrogens with zero attached hydrogens (tertiary/aromatic N) is 1. The van der Waals surface area contributed by atoms with E-state index in [4.69, 9.17) is 9.47 Å². The molecule has 7 nitrogen and oxygen atoms in total. The Morgan fingerprint density at radius 3 is 2.77 bits per heavy atom. The molecule has 3 rings (SSSR count). The highest BCUT2D eigenvalue weighted by Crippen LogP contribution is 2.42. The molecule has 140 valence electrons. The summed E-state index contributed by atoms with van der Waals surface area (Å²) in [6.07, 6.45) is 3.31. The third kappa shape index (κ3) is 3.39. The zero-order valence-electron chi connectivity index (χ0n) is 15.1. The van der Waals surface area contributed by atoms with Crippen LogP contribution in [0.5, 0.6) is 11.5 Å². The minimum absolute atomic E-state index is 0.0861. The number of aliphatic hydroxyl groups is 1. The number of hydrogen-bond acceptors (Lipinski definition) is 6. The zero-order chi connectivity index (χ0) is 18.7. The van der Waals surface area contributed by atoms with Crippen molar-refractivity contribution in [1.29, 1.82) is 0 Å². The summed E-state index contributed by atoms with van der Waals surface area (Å²) >= 11 is 1.68. The lowest BCUT2D eigenvalue weighted by Crippen LogP contribution is -2.38. The van der Waals surface area contributed by atoms with E-state index in [1.807, 2.05) is 18.4 Å². The lowest BCUT2D eigenvalue weighted by Gasteiger charge is -2.15. The van der Waals surface area contributed by atoms with Gasteiger partial charge in [0.15, 0.2) is 11.5 Å². The van der Waals surface area contributed by atoms with Crippen molar-refractivity contribution in [2.75, 3.05) is 32.8 Å². The molecule has 1 heterocycles. The highest BCUT2D eigenvalue weighted by atomic mass is 32.2. The molecule has 0 bridgehead atoms. The van der Waals surface area contributed by atoms with E-state index in [1.165, 1.54) is 0 Å². The molecule has 1 unspecified atom stereocenters. The Bertz CT molecular complexity index is 806. The zero-order valence-corrected chi connectivity index (χ0v) is 15.9. The molecule has 1 atom stereocenters. The number of ether oxygens (including phenoxy) is 2. The molecule has 0 fully saturated rings. The average Bonchev–Trinajstić information content (AvgIpc) is 3.22. The number of carbonyl (C=O) groups is 1. The van der Waals surface area contributed by atoms with Gasteiger partial charge in [0.05, 0.1) is 32.6 Å². The van der Waals surface area contributed by atoms with Gasteiger partial charge in [-0.05, 0) is 36.1 Å². The maximum Gasteiger partial charge on any atom is 0.269 e. The van der Waals surface area contributed by atoms with Crippen LogP contribution in [0.15, 0.2) is 12.1 Å². The van der Waals surface area contributed by atoms with Crippen molar-refractivity contribution in [1.82, 2.24) is 15.5 Å². The van der Waals surface area contributed by atoms with E-state index in [9.17, 15) is 9.90 Å². The number of hydrogen-bond donors (Lipinski definition) is 3. The van der Waals surface area contributed by atoms with Gasteiger partial charge in [-0.2, -0.15) is 16.9 Å². The van der Waals surface area contributed by atoms with Crippen LogP contribution in [0, 0.1) is 0 Å². The number of aliphatic hydroxyl groups excluding tert-OH is 1. The first-order valence-corrected chi connectivity index (χ1v) is 9.75. The van der Waals surface area contributed by atoms with Crippen LogP contribution in [0.1, 0.15) is 28.0 Å². The van der Waals surface area contributed by atoms with Gasteiger partial charge in [0.1, 0.15) is 5.69 Å². The number of nitrogens with one attached hydrogen (secondary N) is 2. The number of methoxy groups -OCH3 is 2. The second-order valence-corrected chi connectivity index (χ2v) is 7.09. The van der Waals surface area contributed by atoms with Gasteiger partial charge in [-0.25, -0.2) is 0 Å². The van der Waals surface area contributed by atoms with Gasteiger partial charge in [-0.15, -0.1) is 0 Å². The van der Waals surface area contributed by atoms with Gasteiger partial charge in [-0.3, -0.25) is 9.89 Å². The van der Waals surface area contributed by atoms with Crippen molar-refractivity contribution >= 4 is 17.7 Å². The summed E-state index contributed by atoms with van der Waals surface area (Å²) in [6, 6.07) is 3.54. The van der Waals surface area contributed by atoms with Crippen LogP contribution in [-0.4, -0.2) is 60.1 Å². The molecule has 1 aromatic carbocycles. The molecular formula is C18H23N3O4S. The first-order valence-electron chi connectivity index (χ1n) is 8.36. The molecule has 0 saturated carbocycles. The van der Waals surface area contributed by atoms with E-state index in [-0.39, 0.29) is 18.6 Å².